The summed E-state index contributed by atoms with van der Waals surface area (Å²) in [6, 6.07) is 8.39. The van der Waals surface area contributed by atoms with Crippen LogP contribution in [0.1, 0.15) is 22.9 Å². The predicted molar refractivity (Wildman–Crippen MR) is 111 cm³/mol. The lowest BCUT2D eigenvalue weighted by molar-refractivity contribution is 0.730. The fourth-order valence-electron chi connectivity index (χ4n) is 2.72. The third-order valence-corrected chi connectivity index (χ3v) is 6.53. The van der Waals surface area contributed by atoms with Gasteiger partial charge in [-0.1, -0.05) is 52.8 Å². The predicted octanol–water partition coefficient (Wildman–Crippen LogP) is 6.12. The van der Waals surface area contributed by atoms with Gasteiger partial charge in [0.2, 0.25) is 0 Å². The van der Waals surface area contributed by atoms with Crippen molar-refractivity contribution in [2.45, 2.75) is 37.7 Å². The number of nitrogens with zero attached hydrogens (tertiary/aromatic N) is 3. The quantitative estimate of drug-likeness (QED) is 0.332. The molecule has 1 aromatic carbocycles. The molecule has 0 saturated heterocycles. The maximum atomic E-state index is 4.50. The van der Waals surface area contributed by atoms with Crippen molar-refractivity contribution in [1.82, 2.24) is 14.8 Å². The van der Waals surface area contributed by atoms with Crippen LogP contribution in [-0.4, -0.2) is 14.8 Å². The number of allylic oxidation sites excluding steroid dienone is 1. The minimum Gasteiger partial charge on any atom is -0.298 e. The molecular formula is C19H20BrN3S2. The zero-order valence-corrected chi connectivity index (χ0v) is 17.5. The summed E-state index contributed by atoms with van der Waals surface area (Å²) < 4.78 is 3.26. The van der Waals surface area contributed by atoms with E-state index in [0.717, 1.165) is 27.6 Å². The third kappa shape index (κ3) is 4.07. The molecule has 0 aliphatic heterocycles. The molecule has 0 spiro atoms. The van der Waals surface area contributed by atoms with Crippen molar-refractivity contribution >= 4 is 39.0 Å². The maximum absolute atomic E-state index is 4.50. The highest BCUT2D eigenvalue weighted by Gasteiger charge is 2.18. The van der Waals surface area contributed by atoms with Crippen molar-refractivity contribution in [2.24, 2.45) is 0 Å². The lowest BCUT2D eigenvalue weighted by Crippen LogP contribution is -2.01. The first-order valence-electron chi connectivity index (χ1n) is 8.12. The molecule has 0 aliphatic rings. The first-order valence-corrected chi connectivity index (χ1v) is 10.8. The highest BCUT2D eigenvalue weighted by Crippen LogP contribution is 2.33. The fourth-order valence-corrected chi connectivity index (χ4v) is 4.83. The highest BCUT2D eigenvalue weighted by molar-refractivity contribution is 9.10. The van der Waals surface area contributed by atoms with Crippen LogP contribution in [0.15, 0.2) is 51.9 Å². The van der Waals surface area contributed by atoms with Crippen molar-refractivity contribution in [3.05, 3.63) is 62.8 Å². The summed E-state index contributed by atoms with van der Waals surface area (Å²) in [5.41, 5.74) is 3.84. The molecule has 0 unspecified atom stereocenters. The Kier molecular flexibility index (Phi) is 6.15. The zero-order chi connectivity index (χ0) is 17.8. The normalized spacial score (nSPS) is 11.0. The van der Waals surface area contributed by atoms with Gasteiger partial charge in [-0.15, -0.1) is 28.1 Å². The summed E-state index contributed by atoms with van der Waals surface area (Å²) >= 11 is 6.97. The molecule has 2 aromatic heterocycles. The van der Waals surface area contributed by atoms with E-state index < -0.39 is 0 Å². The largest absolute Gasteiger partial charge is 0.298 e. The van der Waals surface area contributed by atoms with Crippen molar-refractivity contribution in [3.63, 3.8) is 0 Å². The summed E-state index contributed by atoms with van der Waals surface area (Å²) in [7, 11) is 0. The molecule has 3 rings (SSSR count). The van der Waals surface area contributed by atoms with E-state index in [1.54, 1.807) is 23.1 Å². The van der Waals surface area contributed by atoms with E-state index in [9.17, 15) is 0 Å². The third-order valence-electron chi connectivity index (χ3n) is 4.01. The smallest absolute Gasteiger partial charge is 0.192 e. The van der Waals surface area contributed by atoms with Crippen LogP contribution in [0.2, 0.25) is 0 Å². The maximum Gasteiger partial charge on any atom is 0.192 e. The van der Waals surface area contributed by atoms with Crippen LogP contribution in [0.5, 0.6) is 0 Å². The number of thioether (sulfide) groups is 1. The van der Waals surface area contributed by atoms with Gasteiger partial charge in [0, 0.05) is 32.6 Å². The molecule has 0 saturated carbocycles. The number of halogens is 1. The van der Waals surface area contributed by atoms with Gasteiger partial charge in [-0.2, -0.15) is 0 Å². The minimum atomic E-state index is 0.711. The Morgan fingerprint density at radius 2 is 2.04 bits per heavy atom. The standard InChI is InChI=1S/C19H20BrN3S2/c1-4-10-23-18(17-12-24-13(3)16(17)5-2)21-22-19(23)25-11-14-6-8-15(20)9-7-14/h4,6-9,12H,1,5,10-11H2,2-3H3. The van der Waals surface area contributed by atoms with E-state index >= 15 is 0 Å². The average molecular weight is 434 g/mol. The Labute approximate surface area is 165 Å². The van der Waals surface area contributed by atoms with E-state index in [-0.39, 0.29) is 0 Å². The molecule has 25 heavy (non-hydrogen) atoms. The molecule has 0 N–H and O–H groups in total. The first kappa shape index (κ1) is 18.4. The molecule has 3 aromatic rings. The Balaban J connectivity index is 1.89. The van der Waals surface area contributed by atoms with Crippen molar-refractivity contribution in [3.8, 4) is 11.4 Å². The van der Waals surface area contributed by atoms with Crippen molar-refractivity contribution in [1.29, 1.82) is 0 Å². The van der Waals surface area contributed by atoms with Crippen LogP contribution in [-0.2, 0) is 18.7 Å². The second-order valence-electron chi connectivity index (χ2n) is 5.66. The van der Waals surface area contributed by atoms with Gasteiger partial charge in [0.1, 0.15) is 0 Å². The second-order valence-corrected chi connectivity index (χ2v) is 8.60. The van der Waals surface area contributed by atoms with Gasteiger partial charge >= 0.3 is 0 Å². The van der Waals surface area contributed by atoms with Gasteiger partial charge in [-0.05, 0) is 36.6 Å². The molecule has 0 aliphatic carbocycles. The van der Waals surface area contributed by atoms with Crippen LogP contribution < -0.4 is 0 Å². The van der Waals surface area contributed by atoms with Gasteiger partial charge in [0.05, 0.1) is 0 Å². The van der Waals surface area contributed by atoms with Crippen LogP contribution >= 0.6 is 39.0 Å². The van der Waals surface area contributed by atoms with Crippen LogP contribution in [0.3, 0.4) is 0 Å². The minimum absolute atomic E-state index is 0.711. The second kappa shape index (κ2) is 8.34. The lowest BCUT2D eigenvalue weighted by atomic mass is 10.1. The summed E-state index contributed by atoms with van der Waals surface area (Å²) in [6.07, 6.45) is 2.91. The molecule has 2 heterocycles. The lowest BCUT2D eigenvalue weighted by Gasteiger charge is -2.08. The van der Waals surface area contributed by atoms with Crippen LogP contribution in [0.25, 0.3) is 11.4 Å². The van der Waals surface area contributed by atoms with Gasteiger partial charge in [-0.25, -0.2) is 0 Å². The van der Waals surface area contributed by atoms with E-state index in [4.69, 9.17) is 0 Å². The molecule has 0 fully saturated rings. The van der Waals surface area contributed by atoms with Crippen molar-refractivity contribution in [2.75, 3.05) is 0 Å². The Hall–Kier alpha value is -1.37. The molecule has 130 valence electrons. The number of benzene rings is 1. The Bertz CT molecular complexity index is 865. The average Bonchev–Trinajstić information content (AvgIpc) is 3.17. The number of aromatic nitrogens is 3. The van der Waals surface area contributed by atoms with E-state index in [2.05, 4.69) is 80.8 Å². The topological polar surface area (TPSA) is 30.7 Å². The van der Waals surface area contributed by atoms with E-state index in [1.165, 1.54) is 21.6 Å². The summed E-state index contributed by atoms with van der Waals surface area (Å²) in [5, 5.41) is 12.1. The molecule has 0 radical (unpaired) electrons. The number of rotatable bonds is 7. The van der Waals surface area contributed by atoms with Gasteiger partial charge in [-0.3, -0.25) is 4.57 Å². The summed E-state index contributed by atoms with van der Waals surface area (Å²) in [4.78, 5) is 1.36. The van der Waals surface area contributed by atoms with Gasteiger partial charge in [0.25, 0.3) is 0 Å². The van der Waals surface area contributed by atoms with E-state index in [0.29, 0.717) is 6.54 Å². The zero-order valence-electron chi connectivity index (χ0n) is 14.3. The summed E-state index contributed by atoms with van der Waals surface area (Å²) in [5.74, 6) is 1.81. The van der Waals surface area contributed by atoms with Gasteiger partial charge < -0.3 is 0 Å². The Morgan fingerprint density at radius 3 is 2.72 bits per heavy atom. The SMILES string of the molecule is C=CCn1c(SCc2ccc(Br)cc2)nnc1-c1csc(C)c1CC. The van der Waals surface area contributed by atoms with Gasteiger partial charge in [0.15, 0.2) is 11.0 Å². The van der Waals surface area contributed by atoms with Crippen molar-refractivity contribution < 1.29 is 0 Å². The summed E-state index contributed by atoms with van der Waals surface area (Å²) in [6.45, 7) is 8.97. The monoisotopic (exact) mass is 433 g/mol. The number of hydrogen-bond donors (Lipinski definition) is 0. The molecular weight excluding hydrogens is 414 g/mol. The van der Waals surface area contributed by atoms with E-state index in [1.807, 2.05) is 6.08 Å². The molecule has 0 amide bonds. The number of thiophene rings is 1. The highest BCUT2D eigenvalue weighted by atomic mass is 79.9. The van der Waals surface area contributed by atoms with Crippen LogP contribution in [0.4, 0.5) is 0 Å². The fraction of sp³-hybridized carbons (Fsp3) is 0.263. The molecule has 0 bridgehead atoms. The number of aryl methyl sites for hydroxylation is 1. The molecule has 3 nitrogen and oxygen atoms in total. The molecule has 6 heteroatoms. The first-order chi connectivity index (χ1) is 12.1. The Morgan fingerprint density at radius 1 is 1.28 bits per heavy atom. The number of hydrogen-bond acceptors (Lipinski definition) is 4. The molecule has 0 atom stereocenters. The van der Waals surface area contributed by atoms with Crippen LogP contribution in [0, 0.1) is 6.92 Å².